The lowest BCUT2D eigenvalue weighted by molar-refractivity contribution is -0.122. The van der Waals surface area contributed by atoms with E-state index in [1.807, 2.05) is 12.1 Å². The van der Waals surface area contributed by atoms with Crippen molar-refractivity contribution >= 4 is 11.6 Å². The highest BCUT2D eigenvalue weighted by molar-refractivity contribution is 5.75. The van der Waals surface area contributed by atoms with E-state index in [0.29, 0.717) is 12.2 Å². The number of nitrogens with zero attached hydrogens (tertiary/aromatic N) is 3. The number of carbonyl (C=O) groups excluding carboxylic acids is 1. The van der Waals surface area contributed by atoms with E-state index < -0.39 is 0 Å². The van der Waals surface area contributed by atoms with Crippen molar-refractivity contribution in [3.63, 3.8) is 0 Å². The van der Waals surface area contributed by atoms with Crippen molar-refractivity contribution in [3.8, 4) is 0 Å². The van der Waals surface area contributed by atoms with E-state index >= 15 is 0 Å². The molecule has 0 unspecified atom stereocenters. The quantitative estimate of drug-likeness (QED) is 0.829. The number of carbonyl (C=O) groups is 1. The van der Waals surface area contributed by atoms with Crippen LogP contribution >= 0.6 is 0 Å². The van der Waals surface area contributed by atoms with Crippen molar-refractivity contribution in [2.45, 2.75) is 26.4 Å². The largest absolute Gasteiger partial charge is 0.396 e. The average molecular weight is 259 g/mol. The molecule has 3 N–H and O–H groups in total. The highest BCUT2D eigenvalue weighted by Crippen LogP contribution is 2.05. The van der Waals surface area contributed by atoms with Gasteiger partial charge in [-0.2, -0.15) is 5.10 Å². The molecule has 0 saturated heterocycles. The SMILES string of the molecule is CCc1cccnc1CNC(=O)Cn1cc(N)cn1. The van der Waals surface area contributed by atoms with Gasteiger partial charge in [0.2, 0.25) is 5.91 Å². The Morgan fingerprint density at radius 2 is 2.37 bits per heavy atom. The molecule has 2 aromatic heterocycles. The lowest BCUT2D eigenvalue weighted by Gasteiger charge is -2.08. The molecule has 0 atom stereocenters. The lowest BCUT2D eigenvalue weighted by Crippen LogP contribution is -2.28. The van der Waals surface area contributed by atoms with E-state index in [0.717, 1.165) is 17.7 Å². The molecule has 0 saturated carbocycles. The van der Waals surface area contributed by atoms with Crippen LogP contribution in [-0.4, -0.2) is 20.7 Å². The number of hydrogen-bond acceptors (Lipinski definition) is 4. The molecule has 2 heterocycles. The topological polar surface area (TPSA) is 85.8 Å². The summed E-state index contributed by atoms with van der Waals surface area (Å²) < 4.78 is 1.50. The van der Waals surface area contributed by atoms with Gasteiger partial charge in [0, 0.05) is 12.4 Å². The fourth-order valence-corrected chi connectivity index (χ4v) is 1.80. The summed E-state index contributed by atoms with van der Waals surface area (Å²) in [4.78, 5) is 16.0. The number of nitrogens with one attached hydrogen (secondary N) is 1. The number of aromatic nitrogens is 3. The molecule has 0 radical (unpaired) electrons. The fraction of sp³-hybridized carbons (Fsp3) is 0.308. The summed E-state index contributed by atoms with van der Waals surface area (Å²) in [6.07, 6.45) is 5.77. The molecular weight excluding hydrogens is 242 g/mol. The normalized spacial score (nSPS) is 10.4. The summed E-state index contributed by atoms with van der Waals surface area (Å²) in [5.74, 6) is -0.115. The van der Waals surface area contributed by atoms with Gasteiger partial charge in [-0.05, 0) is 18.1 Å². The maximum absolute atomic E-state index is 11.8. The fourth-order valence-electron chi connectivity index (χ4n) is 1.80. The molecule has 0 spiro atoms. The van der Waals surface area contributed by atoms with Gasteiger partial charge < -0.3 is 11.1 Å². The van der Waals surface area contributed by atoms with E-state index in [-0.39, 0.29) is 12.5 Å². The molecule has 0 aliphatic heterocycles. The Hall–Kier alpha value is -2.37. The third-order valence-corrected chi connectivity index (χ3v) is 2.78. The van der Waals surface area contributed by atoms with E-state index in [1.54, 1.807) is 12.4 Å². The van der Waals surface area contributed by atoms with E-state index in [1.165, 1.54) is 10.9 Å². The summed E-state index contributed by atoms with van der Waals surface area (Å²) in [5, 5.41) is 6.79. The molecule has 6 heteroatoms. The van der Waals surface area contributed by atoms with Crippen LogP contribution in [0.5, 0.6) is 0 Å². The van der Waals surface area contributed by atoms with E-state index in [9.17, 15) is 4.79 Å². The molecule has 2 aromatic rings. The van der Waals surface area contributed by atoms with E-state index in [4.69, 9.17) is 5.73 Å². The monoisotopic (exact) mass is 259 g/mol. The highest BCUT2D eigenvalue weighted by atomic mass is 16.2. The summed E-state index contributed by atoms with van der Waals surface area (Å²) in [6.45, 7) is 2.65. The number of pyridine rings is 1. The minimum absolute atomic E-state index is 0.115. The van der Waals surface area contributed by atoms with E-state index in [2.05, 4.69) is 22.3 Å². The first-order valence-corrected chi connectivity index (χ1v) is 6.16. The third-order valence-electron chi connectivity index (χ3n) is 2.78. The number of anilines is 1. The second-order valence-corrected chi connectivity index (χ2v) is 4.21. The minimum atomic E-state index is -0.115. The summed E-state index contributed by atoms with van der Waals surface area (Å²) in [7, 11) is 0. The first kappa shape index (κ1) is 13.1. The van der Waals surface area contributed by atoms with Crippen LogP contribution in [0, 0.1) is 0 Å². The van der Waals surface area contributed by atoms with Crippen LogP contribution in [0.1, 0.15) is 18.2 Å². The Labute approximate surface area is 111 Å². The Bertz CT molecular complexity index is 564. The first-order valence-electron chi connectivity index (χ1n) is 6.16. The van der Waals surface area contributed by atoms with Gasteiger partial charge in [0.05, 0.1) is 24.1 Å². The number of rotatable bonds is 5. The van der Waals surface area contributed by atoms with Gasteiger partial charge in [-0.3, -0.25) is 14.5 Å². The van der Waals surface area contributed by atoms with Crippen LogP contribution in [0.4, 0.5) is 5.69 Å². The second kappa shape index (κ2) is 5.99. The number of hydrogen-bond donors (Lipinski definition) is 2. The van der Waals surface area contributed by atoms with Crippen molar-refractivity contribution in [3.05, 3.63) is 42.0 Å². The molecule has 0 aliphatic rings. The van der Waals surface area contributed by atoms with Gasteiger partial charge in [-0.25, -0.2) is 0 Å². The third kappa shape index (κ3) is 3.54. The second-order valence-electron chi connectivity index (χ2n) is 4.21. The van der Waals surface area contributed by atoms with Gasteiger partial charge in [0.1, 0.15) is 6.54 Å². The number of aryl methyl sites for hydroxylation is 1. The highest BCUT2D eigenvalue weighted by Gasteiger charge is 2.06. The number of nitrogen functional groups attached to an aromatic ring is 1. The Balaban J connectivity index is 1.89. The number of nitrogens with two attached hydrogens (primary N) is 1. The predicted molar refractivity (Wildman–Crippen MR) is 72.1 cm³/mol. The van der Waals surface area contributed by atoms with Crippen molar-refractivity contribution in [1.82, 2.24) is 20.1 Å². The summed E-state index contributed by atoms with van der Waals surface area (Å²) in [6, 6.07) is 3.92. The molecule has 0 aromatic carbocycles. The van der Waals surface area contributed by atoms with Crippen molar-refractivity contribution < 1.29 is 4.79 Å². The molecule has 0 fully saturated rings. The average Bonchev–Trinajstić information content (AvgIpc) is 2.82. The first-order chi connectivity index (χ1) is 9.19. The van der Waals surface area contributed by atoms with Gasteiger partial charge in [0.25, 0.3) is 0 Å². The van der Waals surface area contributed by atoms with Crippen molar-refractivity contribution in [2.24, 2.45) is 0 Å². The molecule has 19 heavy (non-hydrogen) atoms. The molecule has 0 aliphatic carbocycles. The minimum Gasteiger partial charge on any atom is -0.396 e. The van der Waals surface area contributed by atoms with Gasteiger partial charge in [-0.1, -0.05) is 13.0 Å². The maximum Gasteiger partial charge on any atom is 0.242 e. The molecule has 100 valence electrons. The van der Waals surface area contributed by atoms with Gasteiger partial charge in [0.15, 0.2) is 0 Å². The summed E-state index contributed by atoms with van der Waals surface area (Å²) >= 11 is 0. The standard InChI is InChI=1S/C13H17N5O/c1-2-10-4-3-5-15-12(10)7-16-13(19)9-18-8-11(14)6-17-18/h3-6,8H,2,7,9,14H2,1H3,(H,16,19). The number of amides is 1. The predicted octanol–water partition coefficient (Wildman–Crippen LogP) is 0.739. The van der Waals surface area contributed by atoms with Crippen LogP contribution in [0.2, 0.25) is 0 Å². The van der Waals surface area contributed by atoms with Crippen LogP contribution in [0.25, 0.3) is 0 Å². The van der Waals surface area contributed by atoms with Crippen LogP contribution < -0.4 is 11.1 Å². The Kier molecular flexibility index (Phi) is 4.12. The zero-order valence-electron chi connectivity index (χ0n) is 10.8. The van der Waals surface area contributed by atoms with Crippen LogP contribution in [0.15, 0.2) is 30.7 Å². The smallest absolute Gasteiger partial charge is 0.242 e. The van der Waals surface area contributed by atoms with Crippen LogP contribution in [-0.2, 0) is 24.3 Å². The van der Waals surface area contributed by atoms with Gasteiger partial charge in [-0.15, -0.1) is 0 Å². The molecule has 1 amide bonds. The Morgan fingerprint density at radius 3 is 3.05 bits per heavy atom. The molecule has 2 rings (SSSR count). The zero-order valence-corrected chi connectivity index (χ0v) is 10.8. The lowest BCUT2D eigenvalue weighted by atomic mass is 10.1. The van der Waals surface area contributed by atoms with Crippen molar-refractivity contribution in [2.75, 3.05) is 5.73 Å². The van der Waals surface area contributed by atoms with Gasteiger partial charge >= 0.3 is 0 Å². The zero-order chi connectivity index (χ0) is 13.7. The molecule has 6 nitrogen and oxygen atoms in total. The van der Waals surface area contributed by atoms with Crippen molar-refractivity contribution in [1.29, 1.82) is 0 Å². The maximum atomic E-state index is 11.8. The molecular formula is C13H17N5O. The Morgan fingerprint density at radius 1 is 1.53 bits per heavy atom. The molecule has 0 bridgehead atoms. The summed E-state index contributed by atoms with van der Waals surface area (Å²) in [5.41, 5.74) is 8.13. The van der Waals surface area contributed by atoms with Crippen LogP contribution in [0.3, 0.4) is 0 Å².